The molecule has 0 spiro atoms. The normalized spacial score (nSPS) is 12.1. The van der Waals surface area contributed by atoms with Crippen molar-refractivity contribution >= 4 is 53.8 Å². The van der Waals surface area contributed by atoms with Gasteiger partial charge in [-0.1, -0.05) is 49.8 Å². The summed E-state index contributed by atoms with van der Waals surface area (Å²) in [5.41, 5.74) is 2.67. The van der Waals surface area contributed by atoms with Gasteiger partial charge in [-0.15, -0.1) is 0 Å². The molecule has 0 bridgehead atoms. The first-order valence-corrected chi connectivity index (χ1v) is 11.6. The van der Waals surface area contributed by atoms with Crippen LogP contribution in [0.3, 0.4) is 0 Å². The van der Waals surface area contributed by atoms with Crippen molar-refractivity contribution in [3.63, 3.8) is 0 Å². The van der Waals surface area contributed by atoms with Crippen LogP contribution in [0.5, 0.6) is 5.75 Å². The number of hydrogen-bond acceptors (Lipinski definition) is 3. The number of allylic oxidation sites excluding steroid dienone is 1. The summed E-state index contributed by atoms with van der Waals surface area (Å²) in [6, 6.07) is 11.4. The summed E-state index contributed by atoms with van der Waals surface area (Å²) >= 11 is 10.4. The maximum Gasteiger partial charge on any atom is 0.333 e. The van der Waals surface area contributed by atoms with E-state index in [2.05, 4.69) is 59.6 Å². The number of carboxylic acids is 1. The second kappa shape index (κ2) is 12.3. The van der Waals surface area contributed by atoms with E-state index in [0.29, 0.717) is 25.4 Å². The van der Waals surface area contributed by atoms with Gasteiger partial charge in [-0.05, 0) is 77.3 Å². The number of rotatable bonds is 8. The van der Waals surface area contributed by atoms with Gasteiger partial charge in [0.1, 0.15) is 12.4 Å². The summed E-state index contributed by atoms with van der Waals surface area (Å²) in [5, 5.41) is 9.22. The Morgan fingerprint density at radius 1 is 1.17 bits per heavy atom. The first-order valence-electron chi connectivity index (χ1n) is 9.19. The molecule has 2 aromatic rings. The highest BCUT2D eigenvalue weighted by Crippen LogP contribution is 2.27. The molecule has 2 aromatic carbocycles. The molecule has 0 heterocycles. The van der Waals surface area contributed by atoms with Crippen LogP contribution in [0, 0.1) is 11.8 Å². The minimum Gasteiger partial charge on any atom is -0.488 e. The lowest BCUT2D eigenvalue weighted by Gasteiger charge is -2.13. The van der Waals surface area contributed by atoms with Gasteiger partial charge in [-0.25, -0.2) is 4.79 Å². The van der Waals surface area contributed by atoms with Crippen LogP contribution in [0.2, 0.25) is 0 Å². The topological polar surface area (TPSA) is 55.8 Å². The van der Waals surface area contributed by atoms with Gasteiger partial charge in [0, 0.05) is 27.5 Å². The lowest BCUT2D eigenvalue weighted by molar-refractivity contribution is -0.149. The van der Waals surface area contributed by atoms with E-state index < -0.39 is 12.1 Å². The highest BCUT2D eigenvalue weighted by molar-refractivity contribution is 9.11. The van der Waals surface area contributed by atoms with E-state index in [9.17, 15) is 9.90 Å². The molecule has 0 aromatic heterocycles. The lowest BCUT2D eigenvalue weighted by Crippen LogP contribution is -2.26. The third-order valence-electron chi connectivity index (χ3n) is 3.96. The molecule has 158 valence electrons. The van der Waals surface area contributed by atoms with E-state index in [1.807, 2.05) is 49.4 Å². The lowest BCUT2D eigenvalue weighted by atomic mass is 10.1. The molecule has 0 radical (unpaired) electrons. The van der Waals surface area contributed by atoms with Crippen LogP contribution in [0.4, 0.5) is 0 Å². The third kappa shape index (κ3) is 8.27. The molecule has 0 fully saturated rings. The fourth-order valence-corrected chi connectivity index (χ4v) is 4.36. The number of ether oxygens (including phenoxy) is 2. The Hall–Kier alpha value is -1.59. The van der Waals surface area contributed by atoms with Crippen LogP contribution >= 0.6 is 47.8 Å². The van der Waals surface area contributed by atoms with E-state index in [1.54, 1.807) is 6.92 Å². The first-order chi connectivity index (χ1) is 14.3. The van der Waals surface area contributed by atoms with Crippen molar-refractivity contribution in [1.29, 1.82) is 0 Å². The van der Waals surface area contributed by atoms with Crippen LogP contribution < -0.4 is 4.74 Å². The molecule has 0 aliphatic carbocycles. The molecule has 0 aliphatic heterocycles. The molecule has 0 aliphatic rings. The molecule has 1 N–H and O–H groups in total. The van der Waals surface area contributed by atoms with E-state index in [4.69, 9.17) is 9.47 Å². The molecule has 0 amide bonds. The number of aliphatic carboxylic acids is 1. The molecule has 4 nitrogen and oxygen atoms in total. The third-order valence-corrected chi connectivity index (χ3v) is 5.49. The number of benzene rings is 2. The predicted octanol–water partition coefficient (Wildman–Crippen LogP) is 6.38. The summed E-state index contributed by atoms with van der Waals surface area (Å²) in [6.07, 6.45) is 1.35. The zero-order chi connectivity index (χ0) is 22.1. The predicted molar refractivity (Wildman–Crippen MR) is 129 cm³/mol. The van der Waals surface area contributed by atoms with Crippen LogP contribution in [-0.2, 0) is 16.0 Å². The van der Waals surface area contributed by atoms with Gasteiger partial charge in [-0.2, -0.15) is 0 Å². The van der Waals surface area contributed by atoms with E-state index >= 15 is 0 Å². The number of halogens is 3. The second-order valence-corrected chi connectivity index (χ2v) is 9.04. The average molecular weight is 601 g/mol. The van der Waals surface area contributed by atoms with Crippen molar-refractivity contribution in [2.45, 2.75) is 26.4 Å². The minimum atomic E-state index is -0.967. The smallest absolute Gasteiger partial charge is 0.333 e. The summed E-state index contributed by atoms with van der Waals surface area (Å²) < 4.78 is 13.8. The molecule has 0 saturated carbocycles. The van der Waals surface area contributed by atoms with Crippen LogP contribution in [-0.4, -0.2) is 30.4 Å². The van der Waals surface area contributed by atoms with Gasteiger partial charge in [0.15, 0.2) is 6.10 Å². The quantitative estimate of drug-likeness (QED) is 0.357. The van der Waals surface area contributed by atoms with Crippen LogP contribution in [0.25, 0.3) is 0 Å². The Labute approximate surface area is 202 Å². The van der Waals surface area contributed by atoms with Gasteiger partial charge >= 0.3 is 5.97 Å². The van der Waals surface area contributed by atoms with Gasteiger partial charge in [0.25, 0.3) is 0 Å². The second-order valence-electron chi connectivity index (χ2n) is 6.36. The molecule has 1 atom stereocenters. The minimum absolute atomic E-state index is 0.294. The Balaban J connectivity index is 1.97. The molecule has 0 saturated heterocycles. The molecule has 30 heavy (non-hydrogen) atoms. The average Bonchev–Trinajstić information content (AvgIpc) is 2.67. The summed E-state index contributed by atoms with van der Waals surface area (Å²) in [5.74, 6) is 5.95. The first kappa shape index (κ1) is 24.7. The van der Waals surface area contributed by atoms with Gasteiger partial charge in [0.2, 0.25) is 0 Å². The Kier molecular flexibility index (Phi) is 10.1. The van der Waals surface area contributed by atoms with Crippen molar-refractivity contribution in [3.05, 3.63) is 72.6 Å². The Morgan fingerprint density at radius 2 is 1.87 bits per heavy atom. The maximum absolute atomic E-state index is 11.2. The summed E-state index contributed by atoms with van der Waals surface area (Å²) in [6.45, 7) is 4.44. The number of carbonyl (C=O) groups is 1. The van der Waals surface area contributed by atoms with Crippen molar-refractivity contribution in [3.8, 4) is 17.6 Å². The Bertz CT molecular complexity index is 969. The fourth-order valence-electron chi connectivity index (χ4n) is 2.53. The highest BCUT2D eigenvalue weighted by atomic mass is 79.9. The van der Waals surface area contributed by atoms with Gasteiger partial charge in [0.05, 0.1) is 4.47 Å². The van der Waals surface area contributed by atoms with Gasteiger partial charge in [-0.3, -0.25) is 0 Å². The summed E-state index contributed by atoms with van der Waals surface area (Å²) in [7, 11) is 0. The van der Waals surface area contributed by atoms with Crippen molar-refractivity contribution in [1.82, 2.24) is 0 Å². The fraction of sp³-hybridized carbons (Fsp3) is 0.261. The SMILES string of the molecule is CCOC(Cc1ccc(OC/C=C(/C)C#Cc2cc(Br)cc(Br)c2)c(Br)c1)C(=O)O. The molecular weight excluding hydrogens is 580 g/mol. The Morgan fingerprint density at radius 3 is 2.47 bits per heavy atom. The molecule has 7 heteroatoms. The summed E-state index contributed by atoms with van der Waals surface area (Å²) in [4.78, 5) is 11.2. The molecular formula is C23H21Br3O4. The van der Waals surface area contributed by atoms with Gasteiger partial charge < -0.3 is 14.6 Å². The maximum atomic E-state index is 11.2. The van der Waals surface area contributed by atoms with Crippen molar-refractivity contribution in [2.24, 2.45) is 0 Å². The van der Waals surface area contributed by atoms with Crippen LogP contribution in [0.15, 0.2) is 61.5 Å². The number of carboxylic acid groups (broad SMARTS) is 1. The number of hydrogen-bond donors (Lipinski definition) is 1. The van der Waals surface area contributed by atoms with E-state index in [-0.39, 0.29) is 0 Å². The van der Waals surface area contributed by atoms with Crippen LogP contribution in [0.1, 0.15) is 25.0 Å². The van der Waals surface area contributed by atoms with Crippen molar-refractivity contribution in [2.75, 3.05) is 13.2 Å². The van der Waals surface area contributed by atoms with E-state index in [0.717, 1.165) is 30.1 Å². The largest absolute Gasteiger partial charge is 0.488 e. The molecule has 2 rings (SSSR count). The standard InChI is InChI=1S/C23H21Br3O4/c1-3-29-22(23(27)28)13-17-6-7-21(20(26)12-17)30-9-8-15(2)4-5-16-10-18(24)14-19(25)11-16/h6-8,10-12,14,22H,3,9,13H2,1-2H3,(H,27,28)/b15-8-. The van der Waals surface area contributed by atoms with E-state index in [1.165, 1.54) is 0 Å². The monoisotopic (exact) mass is 598 g/mol. The van der Waals surface area contributed by atoms with Crippen molar-refractivity contribution < 1.29 is 19.4 Å². The highest BCUT2D eigenvalue weighted by Gasteiger charge is 2.18. The zero-order valence-electron chi connectivity index (χ0n) is 16.5. The zero-order valence-corrected chi connectivity index (χ0v) is 21.3. The molecule has 1 unspecified atom stereocenters.